The van der Waals surface area contributed by atoms with E-state index in [1.54, 1.807) is 18.3 Å². The Bertz CT molecular complexity index is 1110. The molecule has 1 aliphatic carbocycles. The number of hydrogen-bond acceptors (Lipinski definition) is 6. The number of ether oxygens (including phenoxy) is 1. The van der Waals surface area contributed by atoms with Crippen LogP contribution in [0.1, 0.15) is 6.42 Å². The van der Waals surface area contributed by atoms with Gasteiger partial charge >= 0.3 is 0 Å². The topological polar surface area (TPSA) is 88.9 Å². The first-order chi connectivity index (χ1) is 12.6. The lowest BCUT2D eigenvalue weighted by molar-refractivity contribution is 0.0845. The lowest BCUT2D eigenvalue weighted by Gasteiger charge is -2.03. The summed E-state index contributed by atoms with van der Waals surface area (Å²) in [7, 11) is 0. The molecule has 26 heavy (non-hydrogen) atoms. The van der Waals surface area contributed by atoms with Crippen LogP contribution in [0.2, 0.25) is 0 Å². The van der Waals surface area contributed by atoms with Gasteiger partial charge in [0.25, 0.3) is 11.8 Å². The van der Waals surface area contributed by atoms with Gasteiger partial charge in [0.1, 0.15) is 5.52 Å². The van der Waals surface area contributed by atoms with Crippen molar-refractivity contribution in [1.29, 1.82) is 0 Å². The molecule has 4 aromatic rings. The maximum atomic E-state index is 12.9. The van der Waals surface area contributed by atoms with Gasteiger partial charge in [-0.25, -0.2) is 8.78 Å². The van der Waals surface area contributed by atoms with E-state index in [4.69, 9.17) is 9.26 Å². The summed E-state index contributed by atoms with van der Waals surface area (Å²) < 4.78 is 36.5. The van der Waals surface area contributed by atoms with Crippen LogP contribution < -0.4 is 10.1 Å². The molecular formula is C17H13F2N5O2. The summed E-state index contributed by atoms with van der Waals surface area (Å²) in [4.78, 5) is 4.29. The number of nitrogens with one attached hydrogen (secondary N) is 2. The summed E-state index contributed by atoms with van der Waals surface area (Å²) in [6.45, 7) is -0.0699. The smallest absolute Gasteiger partial charge is 0.262 e. The molecule has 5 rings (SSSR count). The number of nitrogens with zero attached hydrogens (tertiary/aromatic N) is 3. The third-order valence-electron chi connectivity index (χ3n) is 4.40. The summed E-state index contributed by atoms with van der Waals surface area (Å²) >= 11 is 0. The van der Waals surface area contributed by atoms with Crippen molar-refractivity contribution in [3.63, 3.8) is 0 Å². The molecule has 2 N–H and O–H groups in total. The number of fused-ring (bicyclic) bond motifs is 2. The van der Waals surface area contributed by atoms with Gasteiger partial charge in [-0.05, 0) is 29.4 Å². The molecule has 0 radical (unpaired) electrons. The maximum Gasteiger partial charge on any atom is 0.262 e. The molecule has 0 saturated heterocycles. The van der Waals surface area contributed by atoms with Crippen LogP contribution in [-0.4, -0.2) is 32.9 Å². The molecule has 0 bridgehead atoms. The monoisotopic (exact) mass is 357 g/mol. The minimum atomic E-state index is -2.61. The molecule has 1 fully saturated rings. The molecule has 132 valence electrons. The molecule has 1 aliphatic rings. The highest BCUT2D eigenvalue weighted by Gasteiger charge is 2.57. The van der Waals surface area contributed by atoms with Crippen molar-refractivity contribution < 1.29 is 18.0 Å². The van der Waals surface area contributed by atoms with Gasteiger partial charge in [-0.2, -0.15) is 5.10 Å². The van der Waals surface area contributed by atoms with Gasteiger partial charge < -0.3 is 14.6 Å². The SMILES string of the molecule is FC1(F)CC1COc1noc2cc(Nc3n[nH]c4cccnc34)ccc12. The lowest BCUT2D eigenvalue weighted by atomic mass is 10.2. The van der Waals surface area contributed by atoms with E-state index in [9.17, 15) is 8.78 Å². The van der Waals surface area contributed by atoms with Crippen LogP contribution in [-0.2, 0) is 0 Å². The van der Waals surface area contributed by atoms with E-state index in [0.717, 1.165) is 16.7 Å². The molecule has 1 atom stereocenters. The van der Waals surface area contributed by atoms with Crippen LogP contribution in [0.4, 0.5) is 20.3 Å². The summed E-state index contributed by atoms with van der Waals surface area (Å²) in [5, 5.41) is 14.7. The number of hydrogen-bond donors (Lipinski definition) is 2. The number of H-pyrrole nitrogens is 1. The van der Waals surface area contributed by atoms with Crippen molar-refractivity contribution in [3.8, 4) is 5.88 Å². The fourth-order valence-electron chi connectivity index (χ4n) is 2.80. The first kappa shape index (κ1) is 15.1. The number of pyridine rings is 1. The van der Waals surface area contributed by atoms with Crippen molar-refractivity contribution >= 4 is 33.5 Å². The highest BCUT2D eigenvalue weighted by molar-refractivity contribution is 5.90. The summed E-state index contributed by atoms with van der Waals surface area (Å²) in [5.41, 5.74) is 2.76. The van der Waals surface area contributed by atoms with E-state index in [1.807, 2.05) is 18.2 Å². The second-order valence-corrected chi connectivity index (χ2v) is 6.27. The molecule has 0 amide bonds. The normalized spacial score (nSPS) is 18.3. The predicted octanol–water partition coefficient (Wildman–Crippen LogP) is 3.88. The van der Waals surface area contributed by atoms with Crippen molar-refractivity contribution in [2.24, 2.45) is 5.92 Å². The van der Waals surface area contributed by atoms with E-state index in [0.29, 0.717) is 16.8 Å². The highest BCUT2D eigenvalue weighted by Crippen LogP contribution is 2.48. The van der Waals surface area contributed by atoms with E-state index < -0.39 is 11.8 Å². The quantitative estimate of drug-likeness (QED) is 0.563. The predicted molar refractivity (Wildman–Crippen MR) is 89.7 cm³/mol. The maximum absolute atomic E-state index is 12.9. The van der Waals surface area contributed by atoms with Crippen molar-refractivity contribution in [2.45, 2.75) is 12.3 Å². The molecule has 1 aromatic carbocycles. The Kier molecular flexibility index (Phi) is 3.12. The number of alkyl halides is 2. The first-order valence-corrected chi connectivity index (χ1v) is 8.06. The highest BCUT2D eigenvalue weighted by atomic mass is 19.3. The van der Waals surface area contributed by atoms with E-state index in [1.165, 1.54) is 0 Å². The van der Waals surface area contributed by atoms with Gasteiger partial charge in [-0.1, -0.05) is 0 Å². The summed E-state index contributed by atoms with van der Waals surface area (Å²) in [6, 6.07) is 9.01. The Morgan fingerprint density at radius 2 is 2.23 bits per heavy atom. The number of halogens is 2. The van der Waals surface area contributed by atoms with Gasteiger partial charge in [0.15, 0.2) is 11.4 Å². The molecule has 1 saturated carbocycles. The molecule has 0 spiro atoms. The van der Waals surface area contributed by atoms with Crippen LogP contribution in [0.15, 0.2) is 41.1 Å². The van der Waals surface area contributed by atoms with Crippen LogP contribution in [0.5, 0.6) is 5.88 Å². The third-order valence-corrected chi connectivity index (χ3v) is 4.40. The average molecular weight is 357 g/mol. The standard InChI is InChI=1S/C17H13F2N5O2/c18-17(19)7-9(17)8-25-16-11-4-3-10(6-13(11)26-24-16)21-15-14-12(22-23-15)2-1-5-20-14/h1-6,9H,7-8H2,(H2,21,22,23). The van der Waals surface area contributed by atoms with Crippen molar-refractivity contribution in [3.05, 3.63) is 36.5 Å². The van der Waals surface area contributed by atoms with Gasteiger partial charge in [0, 0.05) is 24.4 Å². The Morgan fingerprint density at radius 3 is 3.08 bits per heavy atom. The Labute approximate surface area is 145 Å². The van der Waals surface area contributed by atoms with Crippen molar-refractivity contribution in [2.75, 3.05) is 11.9 Å². The number of aromatic nitrogens is 4. The van der Waals surface area contributed by atoms with Gasteiger partial charge in [0.05, 0.1) is 23.4 Å². The van der Waals surface area contributed by atoms with Crippen LogP contribution in [0.3, 0.4) is 0 Å². The lowest BCUT2D eigenvalue weighted by Crippen LogP contribution is -2.05. The van der Waals surface area contributed by atoms with Crippen LogP contribution in [0, 0.1) is 5.92 Å². The third kappa shape index (κ3) is 2.52. The minimum absolute atomic E-state index is 0.0699. The molecule has 3 aromatic heterocycles. The van der Waals surface area contributed by atoms with Gasteiger partial charge in [-0.15, -0.1) is 0 Å². The largest absolute Gasteiger partial charge is 0.475 e. The van der Waals surface area contributed by atoms with Crippen molar-refractivity contribution in [1.82, 2.24) is 20.3 Å². The fourth-order valence-corrected chi connectivity index (χ4v) is 2.80. The van der Waals surface area contributed by atoms with Gasteiger partial charge in [-0.3, -0.25) is 10.1 Å². The van der Waals surface area contributed by atoms with Crippen LogP contribution >= 0.6 is 0 Å². The molecule has 3 heterocycles. The van der Waals surface area contributed by atoms with Gasteiger partial charge in [0.2, 0.25) is 0 Å². The van der Waals surface area contributed by atoms with E-state index in [-0.39, 0.29) is 18.9 Å². The second kappa shape index (κ2) is 5.38. The zero-order valence-electron chi connectivity index (χ0n) is 13.4. The second-order valence-electron chi connectivity index (χ2n) is 6.27. The number of anilines is 2. The fraction of sp³-hybridized carbons (Fsp3) is 0.235. The molecule has 9 heteroatoms. The molecule has 7 nitrogen and oxygen atoms in total. The number of rotatable bonds is 5. The zero-order valence-corrected chi connectivity index (χ0v) is 13.4. The average Bonchev–Trinajstić information content (AvgIpc) is 2.99. The first-order valence-electron chi connectivity index (χ1n) is 8.06. The summed E-state index contributed by atoms with van der Waals surface area (Å²) in [5.74, 6) is -2.54. The molecule has 1 unspecified atom stereocenters. The Morgan fingerprint density at radius 1 is 1.35 bits per heavy atom. The summed E-state index contributed by atoms with van der Waals surface area (Å²) in [6.07, 6.45) is 1.55. The van der Waals surface area contributed by atoms with Crippen LogP contribution in [0.25, 0.3) is 22.0 Å². The van der Waals surface area contributed by atoms with E-state index in [2.05, 4.69) is 25.7 Å². The Hall–Kier alpha value is -3.23. The van der Waals surface area contributed by atoms with E-state index >= 15 is 0 Å². The minimum Gasteiger partial charge on any atom is -0.475 e. The Balaban J connectivity index is 1.37. The number of aromatic amines is 1. The molecular weight excluding hydrogens is 344 g/mol. The molecule has 0 aliphatic heterocycles. The number of benzene rings is 1. The zero-order chi connectivity index (χ0) is 17.7.